The van der Waals surface area contributed by atoms with E-state index in [9.17, 15) is 4.79 Å². The largest absolute Gasteiger partial charge is 0.330 e. The minimum absolute atomic E-state index is 0.170. The number of carbonyl (C=O) groups excluding carboxylic acids is 1. The maximum absolute atomic E-state index is 11.7. The average Bonchev–Trinajstić information content (AvgIpc) is 2.17. The van der Waals surface area contributed by atoms with E-state index in [4.69, 9.17) is 0 Å². The lowest BCUT2D eigenvalue weighted by molar-refractivity contribution is -0.867. The average molecular weight is 224 g/mol. The molecule has 0 fully saturated rings. The first kappa shape index (κ1) is 12.3. The number of quaternary nitrogens is 1. The van der Waals surface area contributed by atoms with E-state index in [1.165, 1.54) is 11.8 Å². The van der Waals surface area contributed by atoms with Gasteiger partial charge < -0.3 is 4.48 Å². The molecule has 0 aromatic heterocycles. The molecule has 0 radical (unpaired) electrons. The number of hydrogen-bond donors (Lipinski definition) is 0. The third-order valence-electron chi connectivity index (χ3n) is 2.00. The standard InChI is InChI=1S/C12H18NOS/c1-13(2,3)9-10-15-12(14)11-7-5-4-6-8-11/h4-8H,9-10H2,1-3H3/q+1. The van der Waals surface area contributed by atoms with Gasteiger partial charge >= 0.3 is 0 Å². The summed E-state index contributed by atoms with van der Waals surface area (Å²) < 4.78 is 0.898. The van der Waals surface area contributed by atoms with E-state index >= 15 is 0 Å². The molecule has 0 spiro atoms. The van der Waals surface area contributed by atoms with Crippen LogP contribution in [0, 0.1) is 0 Å². The summed E-state index contributed by atoms with van der Waals surface area (Å²) in [5, 5.41) is 0.170. The smallest absolute Gasteiger partial charge is 0.219 e. The number of rotatable bonds is 4. The van der Waals surface area contributed by atoms with Crippen molar-refractivity contribution in [2.24, 2.45) is 0 Å². The SMILES string of the molecule is C[N+](C)(C)CCSC(=O)c1ccccc1. The molecule has 0 atom stereocenters. The fourth-order valence-electron chi connectivity index (χ4n) is 1.07. The summed E-state index contributed by atoms with van der Waals surface area (Å²) in [4.78, 5) is 11.7. The number of nitrogens with zero attached hydrogens (tertiary/aromatic N) is 1. The van der Waals surface area contributed by atoms with Crippen molar-refractivity contribution in [3.05, 3.63) is 35.9 Å². The third kappa shape index (κ3) is 5.00. The second kappa shape index (κ2) is 5.33. The Morgan fingerprint density at radius 2 is 1.80 bits per heavy atom. The van der Waals surface area contributed by atoms with Crippen molar-refractivity contribution in [2.75, 3.05) is 33.4 Å². The molecule has 1 rings (SSSR count). The summed E-state index contributed by atoms with van der Waals surface area (Å²) in [5.41, 5.74) is 0.795. The predicted molar refractivity (Wildman–Crippen MR) is 66.1 cm³/mol. The summed E-state index contributed by atoms with van der Waals surface area (Å²) in [6.07, 6.45) is 0. The second-order valence-corrected chi connectivity index (χ2v) is 5.58. The van der Waals surface area contributed by atoms with Crippen LogP contribution in [0.25, 0.3) is 0 Å². The topological polar surface area (TPSA) is 17.1 Å². The fraction of sp³-hybridized carbons (Fsp3) is 0.417. The highest BCUT2D eigenvalue weighted by atomic mass is 32.2. The van der Waals surface area contributed by atoms with Gasteiger partial charge in [-0.15, -0.1) is 0 Å². The van der Waals surface area contributed by atoms with E-state index in [1.807, 2.05) is 30.3 Å². The van der Waals surface area contributed by atoms with Crippen molar-refractivity contribution in [1.82, 2.24) is 0 Å². The van der Waals surface area contributed by atoms with Crippen LogP contribution in [0.3, 0.4) is 0 Å². The van der Waals surface area contributed by atoms with E-state index in [-0.39, 0.29) is 5.12 Å². The molecule has 0 aliphatic carbocycles. The van der Waals surface area contributed by atoms with Gasteiger partial charge in [0.15, 0.2) is 0 Å². The molecule has 82 valence electrons. The van der Waals surface area contributed by atoms with Crippen LogP contribution >= 0.6 is 11.8 Å². The van der Waals surface area contributed by atoms with Gasteiger partial charge in [-0.1, -0.05) is 42.1 Å². The first-order valence-electron chi connectivity index (χ1n) is 5.02. The highest BCUT2D eigenvalue weighted by Gasteiger charge is 2.10. The van der Waals surface area contributed by atoms with Crippen molar-refractivity contribution in [2.45, 2.75) is 0 Å². The third-order valence-corrected chi connectivity index (χ3v) is 2.89. The normalized spacial score (nSPS) is 11.4. The van der Waals surface area contributed by atoms with Crippen LogP contribution in [0.15, 0.2) is 30.3 Å². The molecule has 3 heteroatoms. The zero-order chi connectivity index (χ0) is 11.3. The first-order valence-corrected chi connectivity index (χ1v) is 6.00. The van der Waals surface area contributed by atoms with Crippen LogP contribution in [-0.2, 0) is 0 Å². The Morgan fingerprint density at radius 1 is 1.20 bits per heavy atom. The molecule has 2 nitrogen and oxygen atoms in total. The van der Waals surface area contributed by atoms with E-state index < -0.39 is 0 Å². The minimum atomic E-state index is 0.170. The number of thioether (sulfide) groups is 1. The summed E-state index contributed by atoms with van der Waals surface area (Å²) in [5.74, 6) is 0.872. The van der Waals surface area contributed by atoms with E-state index in [0.717, 1.165) is 22.3 Å². The van der Waals surface area contributed by atoms with Gasteiger partial charge in [0.05, 0.1) is 33.4 Å². The Labute approximate surface area is 95.9 Å². The first-order chi connectivity index (χ1) is 6.99. The summed E-state index contributed by atoms with van der Waals surface area (Å²) in [7, 11) is 6.40. The van der Waals surface area contributed by atoms with E-state index in [0.29, 0.717) is 0 Å². The molecule has 15 heavy (non-hydrogen) atoms. The molecule has 0 aliphatic heterocycles. The number of carbonyl (C=O) groups is 1. The van der Waals surface area contributed by atoms with Crippen LogP contribution in [0.2, 0.25) is 0 Å². The fourth-order valence-corrected chi connectivity index (χ4v) is 2.20. The van der Waals surface area contributed by atoms with Crippen LogP contribution < -0.4 is 0 Å². The highest BCUT2D eigenvalue weighted by Crippen LogP contribution is 2.12. The Hall–Kier alpha value is -0.800. The summed E-state index contributed by atoms with van der Waals surface area (Å²) in [6.45, 7) is 1.00. The van der Waals surface area contributed by atoms with Gasteiger partial charge in [0.2, 0.25) is 5.12 Å². The molecule has 0 heterocycles. The molecule has 1 aromatic carbocycles. The second-order valence-electron chi connectivity index (χ2n) is 4.52. The van der Waals surface area contributed by atoms with Crippen LogP contribution in [-0.4, -0.2) is 43.0 Å². The van der Waals surface area contributed by atoms with Crippen LogP contribution in [0.4, 0.5) is 0 Å². The highest BCUT2D eigenvalue weighted by molar-refractivity contribution is 8.14. The molecule has 0 saturated carbocycles. The van der Waals surface area contributed by atoms with Crippen molar-refractivity contribution in [3.8, 4) is 0 Å². The zero-order valence-electron chi connectivity index (χ0n) is 9.56. The van der Waals surface area contributed by atoms with Gasteiger partial charge in [-0.25, -0.2) is 0 Å². The monoisotopic (exact) mass is 224 g/mol. The van der Waals surface area contributed by atoms with Crippen molar-refractivity contribution in [3.63, 3.8) is 0 Å². The minimum Gasteiger partial charge on any atom is -0.330 e. The molecular weight excluding hydrogens is 206 g/mol. The maximum Gasteiger partial charge on any atom is 0.219 e. The van der Waals surface area contributed by atoms with Crippen molar-refractivity contribution < 1.29 is 9.28 Å². The maximum atomic E-state index is 11.7. The molecule has 0 unspecified atom stereocenters. The number of hydrogen-bond acceptors (Lipinski definition) is 2. The Kier molecular flexibility index (Phi) is 4.36. The summed E-state index contributed by atoms with van der Waals surface area (Å²) >= 11 is 1.40. The van der Waals surface area contributed by atoms with E-state index in [2.05, 4.69) is 21.1 Å². The van der Waals surface area contributed by atoms with Gasteiger partial charge in [0.1, 0.15) is 0 Å². The summed E-state index contributed by atoms with van der Waals surface area (Å²) in [6, 6.07) is 9.44. The predicted octanol–water partition coefficient (Wildman–Crippen LogP) is 2.27. The molecular formula is C12H18NOS+. The Morgan fingerprint density at radius 3 is 2.33 bits per heavy atom. The molecule has 0 saturated heterocycles. The van der Waals surface area contributed by atoms with E-state index in [1.54, 1.807) is 0 Å². The Balaban J connectivity index is 2.38. The Bertz CT molecular complexity index is 316. The lowest BCUT2D eigenvalue weighted by Gasteiger charge is -2.23. The van der Waals surface area contributed by atoms with Gasteiger partial charge in [-0.05, 0) is 0 Å². The lowest BCUT2D eigenvalue weighted by atomic mass is 10.2. The van der Waals surface area contributed by atoms with Crippen molar-refractivity contribution >= 4 is 16.9 Å². The van der Waals surface area contributed by atoms with Gasteiger partial charge in [-0.2, -0.15) is 0 Å². The quantitative estimate of drug-likeness (QED) is 0.730. The molecule has 0 aliphatic rings. The van der Waals surface area contributed by atoms with Crippen molar-refractivity contribution in [1.29, 1.82) is 0 Å². The molecule has 0 bridgehead atoms. The molecule has 0 N–H and O–H groups in total. The van der Waals surface area contributed by atoms with Gasteiger partial charge in [-0.3, -0.25) is 4.79 Å². The number of benzene rings is 1. The van der Waals surface area contributed by atoms with Crippen LogP contribution in [0.1, 0.15) is 10.4 Å². The molecule has 0 amide bonds. The molecule has 1 aromatic rings. The van der Waals surface area contributed by atoms with Gasteiger partial charge in [0.25, 0.3) is 0 Å². The zero-order valence-corrected chi connectivity index (χ0v) is 10.4. The lowest BCUT2D eigenvalue weighted by Crippen LogP contribution is -2.36. The van der Waals surface area contributed by atoms with Crippen LogP contribution in [0.5, 0.6) is 0 Å². The van der Waals surface area contributed by atoms with Gasteiger partial charge in [0, 0.05) is 5.56 Å².